The van der Waals surface area contributed by atoms with Gasteiger partial charge < -0.3 is 10.4 Å². The van der Waals surface area contributed by atoms with Crippen molar-refractivity contribution in [3.05, 3.63) is 0 Å². The summed E-state index contributed by atoms with van der Waals surface area (Å²) in [7, 11) is 0. The highest BCUT2D eigenvalue weighted by Crippen LogP contribution is 2.28. The standard InChI is InChI=1S/C13H25NO2/c1-4-5-12(13(15)16)14-11-7-9(2)6-10(3)8-11/h9-12,14H,4-8H2,1-3H3,(H,15,16). The second-order valence-corrected chi connectivity index (χ2v) is 5.46. The Morgan fingerprint density at radius 2 is 1.88 bits per heavy atom. The first-order chi connectivity index (χ1) is 7.52. The maximum atomic E-state index is 11.1. The van der Waals surface area contributed by atoms with E-state index < -0.39 is 5.97 Å². The van der Waals surface area contributed by atoms with E-state index in [9.17, 15) is 4.79 Å². The Morgan fingerprint density at radius 3 is 2.31 bits per heavy atom. The molecule has 0 saturated heterocycles. The van der Waals surface area contributed by atoms with E-state index in [1.54, 1.807) is 0 Å². The summed E-state index contributed by atoms with van der Waals surface area (Å²) >= 11 is 0. The average molecular weight is 227 g/mol. The van der Waals surface area contributed by atoms with Crippen LogP contribution in [0.3, 0.4) is 0 Å². The summed E-state index contributed by atoms with van der Waals surface area (Å²) < 4.78 is 0. The minimum atomic E-state index is -0.701. The van der Waals surface area contributed by atoms with Gasteiger partial charge in [-0.3, -0.25) is 4.79 Å². The van der Waals surface area contributed by atoms with Crippen LogP contribution in [0.5, 0.6) is 0 Å². The Hall–Kier alpha value is -0.570. The molecular formula is C13H25NO2. The second kappa shape index (κ2) is 6.24. The first-order valence-electron chi connectivity index (χ1n) is 6.51. The van der Waals surface area contributed by atoms with Crippen LogP contribution in [-0.2, 0) is 4.79 Å². The molecule has 1 rings (SSSR count). The van der Waals surface area contributed by atoms with Gasteiger partial charge >= 0.3 is 5.97 Å². The van der Waals surface area contributed by atoms with Gasteiger partial charge in [0.05, 0.1) is 0 Å². The van der Waals surface area contributed by atoms with Crippen LogP contribution in [0.25, 0.3) is 0 Å². The smallest absolute Gasteiger partial charge is 0.320 e. The summed E-state index contributed by atoms with van der Waals surface area (Å²) in [5.41, 5.74) is 0. The van der Waals surface area contributed by atoms with Crippen LogP contribution in [-0.4, -0.2) is 23.2 Å². The second-order valence-electron chi connectivity index (χ2n) is 5.46. The van der Waals surface area contributed by atoms with Crippen LogP contribution in [0.2, 0.25) is 0 Å². The van der Waals surface area contributed by atoms with Crippen molar-refractivity contribution in [1.29, 1.82) is 0 Å². The number of rotatable bonds is 5. The molecule has 94 valence electrons. The maximum absolute atomic E-state index is 11.1. The first kappa shape index (κ1) is 13.5. The Bertz CT molecular complexity index is 220. The van der Waals surface area contributed by atoms with Gasteiger partial charge in [0.15, 0.2) is 0 Å². The fraction of sp³-hybridized carbons (Fsp3) is 0.923. The molecule has 16 heavy (non-hydrogen) atoms. The number of carboxylic acids is 1. The van der Waals surface area contributed by atoms with Gasteiger partial charge in [0.2, 0.25) is 0 Å². The minimum absolute atomic E-state index is 0.354. The molecule has 0 radical (unpaired) electrons. The van der Waals surface area contributed by atoms with Crippen LogP contribution < -0.4 is 5.32 Å². The number of carboxylic acid groups (broad SMARTS) is 1. The number of hydrogen-bond acceptors (Lipinski definition) is 2. The zero-order valence-electron chi connectivity index (χ0n) is 10.7. The Balaban J connectivity index is 2.47. The molecule has 0 amide bonds. The lowest BCUT2D eigenvalue weighted by Gasteiger charge is -2.33. The van der Waals surface area contributed by atoms with Gasteiger partial charge in [-0.1, -0.05) is 27.2 Å². The van der Waals surface area contributed by atoms with E-state index in [1.807, 2.05) is 6.92 Å². The van der Waals surface area contributed by atoms with Crippen molar-refractivity contribution in [2.75, 3.05) is 0 Å². The number of carbonyl (C=O) groups is 1. The van der Waals surface area contributed by atoms with Crippen LogP contribution >= 0.6 is 0 Å². The topological polar surface area (TPSA) is 49.3 Å². The zero-order valence-corrected chi connectivity index (χ0v) is 10.7. The molecule has 3 unspecified atom stereocenters. The fourth-order valence-corrected chi connectivity index (χ4v) is 2.93. The molecule has 3 nitrogen and oxygen atoms in total. The molecule has 1 saturated carbocycles. The van der Waals surface area contributed by atoms with E-state index in [2.05, 4.69) is 19.2 Å². The highest BCUT2D eigenvalue weighted by atomic mass is 16.4. The quantitative estimate of drug-likeness (QED) is 0.759. The minimum Gasteiger partial charge on any atom is -0.480 e. The molecule has 0 aromatic rings. The van der Waals surface area contributed by atoms with Gasteiger partial charge in [-0.25, -0.2) is 0 Å². The third kappa shape index (κ3) is 4.12. The molecule has 0 heterocycles. The van der Waals surface area contributed by atoms with Crippen LogP contribution in [0.4, 0.5) is 0 Å². The normalized spacial score (nSPS) is 32.3. The predicted octanol–water partition coefficient (Wildman–Crippen LogP) is 2.65. The highest BCUT2D eigenvalue weighted by molar-refractivity contribution is 5.73. The molecule has 0 aromatic heterocycles. The third-order valence-electron chi connectivity index (χ3n) is 3.49. The lowest BCUT2D eigenvalue weighted by Crippen LogP contribution is -2.46. The fourth-order valence-electron chi connectivity index (χ4n) is 2.93. The zero-order chi connectivity index (χ0) is 12.1. The van der Waals surface area contributed by atoms with Crippen molar-refractivity contribution in [2.45, 2.75) is 65.0 Å². The van der Waals surface area contributed by atoms with Crippen molar-refractivity contribution in [1.82, 2.24) is 5.32 Å². The molecule has 3 heteroatoms. The summed E-state index contributed by atoms with van der Waals surface area (Å²) in [5, 5.41) is 12.4. The molecule has 1 aliphatic carbocycles. The van der Waals surface area contributed by atoms with E-state index in [1.165, 1.54) is 6.42 Å². The van der Waals surface area contributed by atoms with E-state index in [0.717, 1.165) is 37.5 Å². The van der Waals surface area contributed by atoms with Crippen LogP contribution in [0.15, 0.2) is 0 Å². The SMILES string of the molecule is CCCC(NC1CC(C)CC(C)C1)C(=O)O. The first-order valence-corrected chi connectivity index (χ1v) is 6.51. The lowest BCUT2D eigenvalue weighted by molar-refractivity contribution is -0.140. The number of nitrogens with one attached hydrogen (secondary N) is 1. The van der Waals surface area contributed by atoms with Crippen molar-refractivity contribution >= 4 is 5.97 Å². The van der Waals surface area contributed by atoms with E-state index in [-0.39, 0.29) is 6.04 Å². The molecule has 3 atom stereocenters. The van der Waals surface area contributed by atoms with E-state index in [0.29, 0.717) is 6.04 Å². The monoisotopic (exact) mass is 227 g/mol. The van der Waals surface area contributed by atoms with E-state index >= 15 is 0 Å². The third-order valence-corrected chi connectivity index (χ3v) is 3.49. The van der Waals surface area contributed by atoms with Gasteiger partial charge in [-0.05, 0) is 37.5 Å². The average Bonchev–Trinajstić information content (AvgIpc) is 2.15. The van der Waals surface area contributed by atoms with E-state index in [4.69, 9.17) is 5.11 Å². The molecule has 2 N–H and O–H groups in total. The van der Waals surface area contributed by atoms with Crippen molar-refractivity contribution < 1.29 is 9.90 Å². The Kier molecular flexibility index (Phi) is 5.26. The van der Waals surface area contributed by atoms with Crippen LogP contribution in [0, 0.1) is 11.8 Å². The van der Waals surface area contributed by atoms with Gasteiger partial charge in [-0.2, -0.15) is 0 Å². The van der Waals surface area contributed by atoms with Crippen molar-refractivity contribution in [3.63, 3.8) is 0 Å². The highest BCUT2D eigenvalue weighted by Gasteiger charge is 2.27. The number of hydrogen-bond donors (Lipinski definition) is 2. The Morgan fingerprint density at radius 1 is 1.31 bits per heavy atom. The Labute approximate surface area is 98.6 Å². The van der Waals surface area contributed by atoms with Crippen molar-refractivity contribution in [3.8, 4) is 0 Å². The largest absolute Gasteiger partial charge is 0.480 e. The van der Waals surface area contributed by atoms with Crippen LogP contribution in [0.1, 0.15) is 52.9 Å². The molecule has 0 aliphatic heterocycles. The maximum Gasteiger partial charge on any atom is 0.320 e. The van der Waals surface area contributed by atoms with Gasteiger partial charge in [-0.15, -0.1) is 0 Å². The molecule has 1 aliphatic rings. The van der Waals surface area contributed by atoms with Gasteiger partial charge in [0.1, 0.15) is 6.04 Å². The predicted molar refractivity (Wildman–Crippen MR) is 65.4 cm³/mol. The van der Waals surface area contributed by atoms with Gasteiger partial charge in [0.25, 0.3) is 0 Å². The molecular weight excluding hydrogens is 202 g/mol. The summed E-state index contributed by atoms with van der Waals surface area (Å²) in [6.07, 6.45) is 5.18. The molecule has 0 aromatic carbocycles. The number of aliphatic carboxylic acids is 1. The molecule has 1 fully saturated rings. The lowest BCUT2D eigenvalue weighted by atomic mass is 9.80. The summed E-state index contributed by atoms with van der Waals surface area (Å²) in [6, 6.07) is 0.0406. The molecule has 0 spiro atoms. The molecule has 0 bridgehead atoms. The van der Waals surface area contributed by atoms with Crippen molar-refractivity contribution in [2.24, 2.45) is 11.8 Å². The summed E-state index contributed by atoms with van der Waals surface area (Å²) in [5.74, 6) is 0.738. The van der Waals surface area contributed by atoms with Gasteiger partial charge in [0, 0.05) is 6.04 Å². The summed E-state index contributed by atoms with van der Waals surface area (Å²) in [4.78, 5) is 11.1. The summed E-state index contributed by atoms with van der Waals surface area (Å²) in [6.45, 7) is 6.56.